The minimum absolute atomic E-state index is 0.00668. The number of hydrogen-bond acceptors (Lipinski definition) is 13. The fraction of sp³-hybridized carbons (Fsp3) is 0.552. The van der Waals surface area contributed by atoms with E-state index in [1.807, 2.05) is 13.1 Å². The molecule has 0 amide bonds. The highest BCUT2D eigenvalue weighted by molar-refractivity contribution is 5.91. The van der Waals surface area contributed by atoms with Crippen molar-refractivity contribution < 1.29 is 70.7 Å². The third-order valence-corrected chi connectivity index (χ3v) is 8.76. The summed E-state index contributed by atoms with van der Waals surface area (Å²) in [5.74, 6) is -7.33. The zero-order valence-electron chi connectivity index (χ0n) is 24.6. The summed E-state index contributed by atoms with van der Waals surface area (Å²) in [6, 6.07) is 3.40. The van der Waals surface area contributed by atoms with Crippen molar-refractivity contribution in [3.63, 3.8) is 0 Å². The molecule has 1 N–H and O–H groups in total. The van der Waals surface area contributed by atoms with E-state index in [0.717, 1.165) is 25.0 Å². The molecule has 5 rings (SSSR count). The molecule has 244 valence electrons. The topological polar surface area (TPSA) is 164 Å². The summed E-state index contributed by atoms with van der Waals surface area (Å²) < 4.78 is 68.1. The number of ether oxygens (including phenoxy) is 6. The van der Waals surface area contributed by atoms with Crippen LogP contribution in [0, 0.1) is 0 Å². The van der Waals surface area contributed by atoms with Gasteiger partial charge in [-0.15, -0.1) is 0 Å². The van der Waals surface area contributed by atoms with Gasteiger partial charge in [0, 0.05) is 24.9 Å². The van der Waals surface area contributed by atoms with Crippen LogP contribution in [0.3, 0.4) is 0 Å². The molecule has 16 heteroatoms. The van der Waals surface area contributed by atoms with Gasteiger partial charge in [0.05, 0.1) is 24.5 Å². The molecular weight excluding hydrogens is 611 g/mol. The van der Waals surface area contributed by atoms with Crippen molar-refractivity contribution in [1.29, 1.82) is 0 Å². The van der Waals surface area contributed by atoms with Gasteiger partial charge in [-0.2, -0.15) is 13.2 Å². The minimum Gasteiger partial charge on any atom is -0.493 e. The van der Waals surface area contributed by atoms with Gasteiger partial charge in [0.1, 0.15) is 5.76 Å². The molecule has 1 aromatic carbocycles. The largest absolute Gasteiger partial charge is 0.493 e. The van der Waals surface area contributed by atoms with Crippen LogP contribution in [0.1, 0.15) is 44.2 Å². The second kappa shape index (κ2) is 11.3. The molecule has 1 unspecified atom stereocenters. The van der Waals surface area contributed by atoms with E-state index in [1.165, 1.54) is 13.2 Å². The van der Waals surface area contributed by atoms with Gasteiger partial charge in [-0.25, -0.2) is 14.4 Å². The quantitative estimate of drug-likeness (QED) is 0.246. The predicted octanol–water partition coefficient (Wildman–Crippen LogP) is 1.40. The number of likely N-dealkylation sites (N-methyl/N-ethyl adjacent to an activating group) is 1. The molecule has 1 saturated heterocycles. The van der Waals surface area contributed by atoms with Crippen molar-refractivity contribution in [2.24, 2.45) is 0 Å². The first-order chi connectivity index (χ1) is 21.0. The molecule has 6 atom stereocenters. The molecule has 1 spiro atoms. The number of alkyl halides is 3. The van der Waals surface area contributed by atoms with E-state index in [4.69, 9.17) is 23.7 Å². The molecule has 0 saturated carbocycles. The number of hydrogen-bond donors (Lipinski definition) is 1. The molecule has 13 nitrogen and oxygen atoms in total. The lowest BCUT2D eigenvalue weighted by Crippen LogP contribution is -2.74. The fourth-order valence-corrected chi connectivity index (χ4v) is 6.82. The highest BCUT2D eigenvalue weighted by Crippen LogP contribution is 2.65. The Morgan fingerprint density at radius 2 is 1.87 bits per heavy atom. The summed E-state index contributed by atoms with van der Waals surface area (Å²) in [5, 5.41) is 12.3. The number of methoxy groups -OCH3 is 1. The smallest absolute Gasteiger partial charge is 0.491 e. The molecule has 2 aliphatic heterocycles. The molecule has 4 aliphatic rings. The number of halogens is 3. The van der Waals surface area contributed by atoms with Crippen molar-refractivity contribution in [3.05, 3.63) is 35.1 Å². The van der Waals surface area contributed by atoms with Crippen LogP contribution in [0.25, 0.3) is 0 Å². The Labute approximate surface area is 254 Å². The van der Waals surface area contributed by atoms with Gasteiger partial charge in [0.2, 0.25) is 6.10 Å². The molecule has 1 aromatic rings. The van der Waals surface area contributed by atoms with Crippen molar-refractivity contribution in [2.75, 3.05) is 20.7 Å². The third-order valence-electron chi connectivity index (χ3n) is 8.76. The predicted molar refractivity (Wildman–Crippen MR) is 140 cm³/mol. The maximum atomic E-state index is 13.3. The van der Waals surface area contributed by atoms with Crippen LogP contribution >= 0.6 is 0 Å². The Morgan fingerprint density at radius 1 is 1.16 bits per heavy atom. The number of nitrogens with zero attached hydrogens (tertiary/aromatic N) is 1. The van der Waals surface area contributed by atoms with Gasteiger partial charge in [0.25, 0.3) is 0 Å². The molecule has 0 aromatic heterocycles. The van der Waals surface area contributed by atoms with Crippen molar-refractivity contribution in [3.8, 4) is 11.5 Å². The molecule has 0 radical (unpaired) electrons. The molecule has 1 fully saturated rings. The number of carbonyl (C=O) groups is 5. The van der Waals surface area contributed by atoms with Gasteiger partial charge in [-0.3, -0.25) is 9.59 Å². The van der Waals surface area contributed by atoms with Crippen LogP contribution in [0.15, 0.2) is 24.0 Å². The lowest BCUT2D eigenvalue weighted by molar-refractivity contribution is -0.205. The number of likely N-dealkylation sites (tertiary alicyclic amines) is 1. The summed E-state index contributed by atoms with van der Waals surface area (Å²) in [6.45, 7) is 2.40. The number of piperidine rings is 1. The zero-order chi connectivity index (χ0) is 33.1. The number of carbonyl (C=O) groups excluding carboxylic acids is 5. The third kappa shape index (κ3) is 5.28. The van der Waals surface area contributed by atoms with Gasteiger partial charge in [-0.1, -0.05) is 6.07 Å². The van der Waals surface area contributed by atoms with Crippen LogP contribution in [0.2, 0.25) is 0 Å². The summed E-state index contributed by atoms with van der Waals surface area (Å²) in [6.07, 6.45) is -8.76. The molecule has 2 heterocycles. The monoisotopic (exact) mass is 641 g/mol. The first kappa shape index (κ1) is 32.2. The molecule has 2 aliphatic carbocycles. The van der Waals surface area contributed by atoms with Crippen molar-refractivity contribution in [1.82, 2.24) is 4.90 Å². The Hall–Kier alpha value is -4.18. The van der Waals surface area contributed by atoms with E-state index >= 15 is 0 Å². The first-order valence-electron chi connectivity index (χ1n) is 13.9. The van der Waals surface area contributed by atoms with E-state index in [9.17, 15) is 42.3 Å². The number of rotatable bonds is 8. The number of esters is 5. The van der Waals surface area contributed by atoms with Gasteiger partial charge in [0.15, 0.2) is 23.7 Å². The summed E-state index contributed by atoms with van der Waals surface area (Å²) in [7, 11) is 3.40. The maximum absolute atomic E-state index is 13.3. The minimum atomic E-state index is -5.46. The highest BCUT2D eigenvalue weighted by Gasteiger charge is 2.72. The van der Waals surface area contributed by atoms with E-state index in [2.05, 4.69) is 9.64 Å². The van der Waals surface area contributed by atoms with E-state index in [1.54, 1.807) is 6.07 Å². The van der Waals surface area contributed by atoms with Crippen LogP contribution in [0.4, 0.5) is 13.2 Å². The average Bonchev–Trinajstić information content (AvgIpc) is 3.31. The Bertz CT molecular complexity index is 1490. The van der Waals surface area contributed by atoms with E-state index in [-0.39, 0.29) is 18.2 Å². The second-order valence-electron chi connectivity index (χ2n) is 11.3. The van der Waals surface area contributed by atoms with Crippen LogP contribution in [-0.2, 0) is 54.8 Å². The highest BCUT2D eigenvalue weighted by atomic mass is 19.4. The maximum Gasteiger partial charge on any atom is 0.491 e. The van der Waals surface area contributed by atoms with E-state index < -0.39 is 71.8 Å². The lowest BCUT2D eigenvalue weighted by atomic mass is 9.50. The molecular formula is C29H30F3NO12. The second-order valence-corrected chi connectivity index (χ2v) is 11.3. The van der Waals surface area contributed by atoms with Crippen LogP contribution in [0.5, 0.6) is 11.5 Å². The van der Waals surface area contributed by atoms with Gasteiger partial charge < -0.3 is 38.4 Å². The Kier molecular flexibility index (Phi) is 8.10. The Morgan fingerprint density at radius 3 is 2.51 bits per heavy atom. The molecule has 2 bridgehead atoms. The SMILES string of the molecule is COc1ccc2c3c1O[C@H]1C(OC(=O)[C@H](CC(=O)O[C@@H](C)C(=O)OC(=O)C(F)(F)F)OC(C)=O)=CC[C@@]4(O)C(C2)N(C)CC[C@]314. The normalized spacial score (nSPS) is 27.5. The summed E-state index contributed by atoms with van der Waals surface area (Å²) in [4.78, 5) is 62.4. The number of aliphatic hydroxyl groups is 1. The van der Waals surface area contributed by atoms with Crippen LogP contribution < -0.4 is 9.47 Å². The number of benzene rings is 1. The zero-order valence-corrected chi connectivity index (χ0v) is 24.6. The summed E-state index contributed by atoms with van der Waals surface area (Å²) in [5.41, 5.74) is -0.605. The standard InChI is InChI=1S/C29H30F3NO12/c1-13(24(36)45-26(38)29(30,31)32)41-20(35)12-18(42-14(2)34)25(37)43-17-7-8-28(39)19-11-15-5-6-16(40-4)22-21(15)27(28,23(17)44-22)9-10-33(19)3/h5-7,13,18-19,23,39H,8-12H2,1-4H3/t13-,18-,19?,23-,27-,28+/m0/s1. The van der Waals surface area contributed by atoms with Crippen molar-refractivity contribution in [2.45, 2.75) is 81.1 Å². The molecule has 45 heavy (non-hydrogen) atoms. The average molecular weight is 642 g/mol. The first-order valence-corrected chi connectivity index (χ1v) is 13.9. The van der Waals surface area contributed by atoms with Crippen molar-refractivity contribution >= 4 is 29.8 Å². The van der Waals surface area contributed by atoms with Gasteiger partial charge >= 0.3 is 36.0 Å². The fourth-order valence-electron chi connectivity index (χ4n) is 6.82. The lowest BCUT2D eigenvalue weighted by Gasteiger charge is -2.61. The van der Waals surface area contributed by atoms with Crippen LogP contribution in [-0.4, -0.2) is 96.7 Å². The van der Waals surface area contributed by atoms with E-state index in [0.29, 0.717) is 30.9 Å². The Balaban J connectivity index is 1.36. The van der Waals surface area contributed by atoms with Gasteiger partial charge in [-0.05, 0) is 51.1 Å². The summed E-state index contributed by atoms with van der Waals surface area (Å²) >= 11 is 0.